The molecule has 0 aromatic carbocycles. The first-order valence-electron chi connectivity index (χ1n) is 5.35. The van der Waals surface area contributed by atoms with Crippen molar-refractivity contribution in [3.8, 4) is 0 Å². The van der Waals surface area contributed by atoms with E-state index < -0.39 is 0 Å². The zero-order valence-corrected chi connectivity index (χ0v) is 8.62. The maximum atomic E-state index is 5.98. The molecule has 14 heavy (non-hydrogen) atoms. The Bertz CT molecular complexity index is 252. The van der Waals surface area contributed by atoms with Gasteiger partial charge in [0.15, 0.2) is 0 Å². The molecule has 3 nitrogen and oxygen atoms in total. The molecule has 1 fully saturated rings. The van der Waals surface area contributed by atoms with Crippen LogP contribution in [0.3, 0.4) is 0 Å². The van der Waals surface area contributed by atoms with Crippen LogP contribution in [0.1, 0.15) is 31.4 Å². The lowest BCUT2D eigenvalue weighted by Crippen LogP contribution is -2.32. The van der Waals surface area contributed by atoms with Crippen LogP contribution in [0.25, 0.3) is 0 Å². The number of nitrogens with one attached hydrogen (secondary N) is 2. The Kier molecular flexibility index (Phi) is 3.22. The van der Waals surface area contributed by atoms with E-state index in [0.717, 1.165) is 25.9 Å². The molecule has 2 rings (SSSR count). The molecule has 0 aliphatic carbocycles. The molecule has 1 saturated heterocycles. The van der Waals surface area contributed by atoms with E-state index in [1.165, 1.54) is 5.56 Å². The molecule has 2 heterocycles. The van der Waals surface area contributed by atoms with E-state index in [1.54, 1.807) is 0 Å². The number of hydrogen-bond acceptors (Lipinski definition) is 2. The molecule has 3 heteroatoms. The van der Waals surface area contributed by atoms with Crippen molar-refractivity contribution in [1.82, 2.24) is 10.3 Å². The summed E-state index contributed by atoms with van der Waals surface area (Å²) in [5.74, 6) is 0. The Morgan fingerprint density at radius 3 is 2.86 bits per heavy atom. The third-order valence-corrected chi connectivity index (χ3v) is 2.77. The van der Waals surface area contributed by atoms with Gasteiger partial charge in [-0.1, -0.05) is 0 Å². The van der Waals surface area contributed by atoms with Gasteiger partial charge in [-0.2, -0.15) is 0 Å². The smallest absolute Gasteiger partial charge is 0.0815 e. The number of H-pyrrole nitrogens is 1. The number of piperidine rings is 1. The number of rotatable bonds is 3. The van der Waals surface area contributed by atoms with Gasteiger partial charge in [0.2, 0.25) is 0 Å². The molecule has 1 aromatic rings. The summed E-state index contributed by atoms with van der Waals surface area (Å²) in [6, 6.07) is 2.08. The maximum Gasteiger partial charge on any atom is 0.0815 e. The first kappa shape index (κ1) is 9.74. The molecule has 1 unspecified atom stereocenters. The normalized spacial score (nSPS) is 20.9. The van der Waals surface area contributed by atoms with Gasteiger partial charge in [-0.3, -0.25) is 0 Å². The second-order valence-corrected chi connectivity index (χ2v) is 3.87. The minimum atomic E-state index is 0.212. The molecule has 0 radical (unpaired) electrons. The molecule has 1 atom stereocenters. The molecule has 78 valence electrons. The van der Waals surface area contributed by atoms with Crippen LogP contribution in [0.4, 0.5) is 0 Å². The Morgan fingerprint density at radius 2 is 2.21 bits per heavy atom. The quantitative estimate of drug-likeness (QED) is 0.770. The maximum absolute atomic E-state index is 5.98. The lowest BCUT2D eigenvalue weighted by atomic mass is 10.1. The largest absolute Gasteiger partial charge is 0.370 e. The van der Waals surface area contributed by atoms with E-state index in [4.69, 9.17) is 4.74 Å². The van der Waals surface area contributed by atoms with Crippen molar-refractivity contribution in [3.05, 3.63) is 24.0 Å². The Labute approximate surface area is 84.9 Å². The highest BCUT2D eigenvalue weighted by Gasteiger charge is 2.17. The van der Waals surface area contributed by atoms with Crippen molar-refractivity contribution in [1.29, 1.82) is 0 Å². The van der Waals surface area contributed by atoms with Crippen molar-refractivity contribution in [2.24, 2.45) is 0 Å². The predicted molar refractivity (Wildman–Crippen MR) is 56.2 cm³/mol. The van der Waals surface area contributed by atoms with Gasteiger partial charge in [-0.15, -0.1) is 0 Å². The summed E-state index contributed by atoms with van der Waals surface area (Å²) in [6.45, 7) is 4.29. The van der Waals surface area contributed by atoms with E-state index in [2.05, 4.69) is 23.3 Å². The van der Waals surface area contributed by atoms with Crippen LogP contribution in [0.5, 0.6) is 0 Å². The summed E-state index contributed by atoms with van der Waals surface area (Å²) in [5, 5.41) is 3.34. The molecule has 1 aromatic heterocycles. The number of ether oxygens (including phenoxy) is 1. The standard InChI is InChI=1S/C11H18N2O/c1-9(10-2-5-13-8-10)14-11-3-6-12-7-4-11/h2,5,8-9,11-13H,3-4,6-7H2,1H3. The first-order chi connectivity index (χ1) is 6.86. The van der Waals surface area contributed by atoms with Crippen molar-refractivity contribution < 1.29 is 4.74 Å². The van der Waals surface area contributed by atoms with Gasteiger partial charge in [0.05, 0.1) is 12.2 Å². The van der Waals surface area contributed by atoms with Gasteiger partial charge in [0.25, 0.3) is 0 Å². The average molecular weight is 194 g/mol. The van der Waals surface area contributed by atoms with Crippen molar-refractivity contribution >= 4 is 0 Å². The molecule has 0 spiro atoms. The topological polar surface area (TPSA) is 37.0 Å². The molecular weight excluding hydrogens is 176 g/mol. The van der Waals surface area contributed by atoms with Gasteiger partial charge in [-0.25, -0.2) is 0 Å². The van der Waals surface area contributed by atoms with Gasteiger partial charge in [0.1, 0.15) is 0 Å². The van der Waals surface area contributed by atoms with Crippen LogP contribution < -0.4 is 5.32 Å². The van der Waals surface area contributed by atoms with Crippen LogP contribution in [-0.2, 0) is 4.74 Å². The molecule has 2 N–H and O–H groups in total. The van der Waals surface area contributed by atoms with Gasteiger partial charge in [-0.05, 0) is 44.5 Å². The minimum Gasteiger partial charge on any atom is -0.370 e. The van der Waals surface area contributed by atoms with E-state index in [0.29, 0.717) is 6.10 Å². The average Bonchev–Trinajstić information content (AvgIpc) is 2.72. The monoisotopic (exact) mass is 194 g/mol. The summed E-state index contributed by atoms with van der Waals surface area (Å²) < 4.78 is 5.98. The summed E-state index contributed by atoms with van der Waals surface area (Å²) in [4.78, 5) is 3.06. The van der Waals surface area contributed by atoms with Crippen LogP contribution in [-0.4, -0.2) is 24.2 Å². The highest BCUT2D eigenvalue weighted by molar-refractivity contribution is 5.11. The molecule has 1 aliphatic rings. The predicted octanol–water partition coefficient (Wildman–Crippen LogP) is 1.84. The van der Waals surface area contributed by atoms with Gasteiger partial charge in [0, 0.05) is 12.4 Å². The van der Waals surface area contributed by atoms with E-state index in [9.17, 15) is 0 Å². The molecule has 0 bridgehead atoms. The molecule has 0 amide bonds. The lowest BCUT2D eigenvalue weighted by Gasteiger charge is -2.26. The van der Waals surface area contributed by atoms with Crippen molar-refractivity contribution in [2.45, 2.75) is 32.0 Å². The van der Waals surface area contributed by atoms with Crippen molar-refractivity contribution in [2.75, 3.05) is 13.1 Å². The second kappa shape index (κ2) is 4.62. The highest BCUT2D eigenvalue weighted by atomic mass is 16.5. The van der Waals surface area contributed by atoms with Gasteiger partial charge < -0.3 is 15.0 Å². The number of aromatic amines is 1. The van der Waals surface area contributed by atoms with Gasteiger partial charge >= 0.3 is 0 Å². The fourth-order valence-corrected chi connectivity index (χ4v) is 1.89. The molecular formula is C11H18N2O. The van der Waals surface area contributed by atoms with E-state index >= 15 is 0 Å². The summed E-state index contributed by atoms with van der Waals surface area (Å²) in [6.07, 6.45) is 6.86. The van der Waals surface area contributed by atoms with Crippen LogP contribution in [0.15, 0.2) is 18.5 Å². The molecule has 0 saturated carbocycles. The fourth-order valence-electron chi connectivity index (χ4n) is 1.89. The van der Waals surface area contributed by atoms with Crippen LogP contribution >= 0.6 is 0 Å². The first-order valence-corrected chi connectivity index (χ1v) is 5.35. The third kappa shape index (κ3) is 2.36. The minimum absolute atomic E-state index is 0.212. The number of hydrogen-bond donors (Lipinski definition) is 2. The Morgan fingerprint density at radius 1 is 1.43 bits per heavy atom. The van der Waals surface area contributed by atoms with Crippen molar-refractivity contribution in [3.63, 3.8) is 0 Å². The SMILES string of the molecule is CC(OC1CCNCC1)c1cc[nH]c1. The Balaban J connectivity index is 1.84. The zero-order chi connectivity index (χ0) is 9.80. The van der Waals surface area contributed by atoms with E-state index in [-0.39, 0.29) is 6.10 Å². The van der Waals surface area contributed by atoms with Crippen LogP contribution in [0.2, 0.25) is 0 Å². The summed E-state index contributed by atoms with van der Waals surface area (Å²) in [5.41, 5.74) is 1.24. The fraction of sp³-hybridized carbons (Fsp3) is 0.636. The lowest BCUT2D eigenvalue weighted by molar-refractivity contribution is -0.0186. The second-order valence-electron chi connectivity index (χ2n) is 3.87. The van der Waals surface area contributed by atoms with E-state index in [1.807, 2.05) is 12.4 Å². The number of aromatic nitrogens is 1. The Hall–Kier alpha value is -0.800. The summed E-state index contributed by atoms with van der Waals surface area (Å²) >= 11 is 0. The third-order valence-electron chi connectivity index (χ3n) is 2.77. The highest BCUT2D eigenvalue weighted by Crippen LogP contribution is 2.20. The summed E-state index contributed by atoms with van der Waals surface area (Å²) in [7, 11) is 0. The molecule has 1 aliphatic heterocycles. The van der Waals surface area contributed by atoms with Crippen LogP contribution in [0, 0.1) is 0 Å². The zero-order valence-electron chi connectivity index (χ0n) is 8.62.